The predicted molar refractivity (Wildman–Crippen MR) is 59.6 cm³/mol. The molecule has 80 valence electrons. The number of rotatable bonds is 1. The van der Waals surface area contributed by atoms with E-state index in [2.05, 4.69) is 15.1 Å². The zero-order valence-electron chi connectivity index (χ0n) is 8.62. The van der Waals surface area contributed by atoms with Crippen LogP contribution in [0.25, 0.3) is 5.78 Å². The molecule has 4 nitrogen and oxygen atoms in total. The predicted octanol–water partition coefficient (Wildman–Crippen LogP) is 2.86. The third kappa shape index (κ3) is 1.68. The molecule has 0 saturated carbocycles. The average Bonchev–Trinajstić information content (AvgIpc) is 2.45. The van der Waals surface area contributed by atoms with E-state index in [-0.39, 0.29) is 5.92 Å². The maximum absolute atomic E-state index is 6.19. The minimum atomic E-state index is 0.200. The first kappa shape index (κ1) is 10.6. The van der Waals surface area contributed by atoms with Gasteiger partial charge < -0.3 is 0 Å². The Kier molecular flexibility index (Phi) is 2.56. The van der Waals surface area contributed by atoms with Crippen molar-refractivity contribution in [3.8, 4) is 0 Å². The minimum Gasteiger partial charge on any atom is -0.199 e. The molecule has 0 bridgehead atoms. The molecule has 6 heteroatoms. The lowest BCUT2D eigenvalue weighted by Gasteiger charge is -2.09. The Hall–Kier alpha value is -0.870. The Balaban J connectivity index is 2.83. The van der Waals surface area contributed by atoms with Gasteiger partial charge in [-0.1, -0.05) is 37.0 Å². The van der Waals surface area contributed by atoms with E-state index >= 15 is 0 Å². The largest absolute Gasteiger partial charge is 0.255 e. The van der Waals surface area contributed by atoms with Gasteiger partial charge in [-0.15, -0.1) is 5.10 Å². The van der Waals surface area contributed by atoms with E-state index in [1.807, 2.05) is 13.8 Å². The molecule has 0 spiro atoms. The monoisotopic (exact) mass is 244 g/mol. The molecule has 0 unspecified atom stereocenters. The zero-order chi connectivity index (χ0) is 11.2. The number of nitrogens with zero attached hydrogens (tertiary/aromatic N) is 4. The van der Waals surface area contributed by atoms with Gasteiger partial charge in [-0.25, -0.2) is 0 Å². The van der Waals surface area contributed by atoms with Gasteiger partial charge in [-0.3, -0.25) is 0 Å². The molecule has 0 aromatic carbocycles. The third-order valence-electron chi connectivity index (χ3n) is 2.10. The lowest BCUT2D eigenvalue weighted by Crippen LogP contribution is -2.01. The lowest BCUT2D eigenvalue weighted by atomic mass is 10.1. The second-order valence-corrected chi connectivity index (χ2v) is 4.35. The summed E-state index contributed by atoms with van der Waals surface area (Å²) in [4.78, 5) is 8.26. The number of hydrogen-bond donors (Lipinski definition) is 0. The van der Waals surface area contributed by atoms with E-state index in [0.717, 1.165) is 5.56 Å². The quantitative estimate of drug-likeness (QED) is 0.725. The highest BCUT2D eigenvalue weighted by molar-refractivity contribution is 6.34. The summed E-state index contributed by atoms with van der Waals surface area (Å²) in [5, 5.41) is 5.03. The minimum absolute atomic E-state index is 0.200. The van der Waals surface area contributed by atoms with Gasteiger partial charge in [0.15, 0.2) is 0 Å². The summed E-state index contributed by atoms with van der Waals surface area (Å²) >= 11 is 12.2. The Labute approximate surface area is 97.2 Å². The Morgan fingerprint density at radius 3 is 2.47 bits per heavy atom. The molecule has 0 amide bonds. The van der Waals surface area contributed by atoms with Gasteiger partial charge in [0.2, 0.25) is 0 Å². The molecule has 0 atom stereocenters. The van der Waals surface area contributed by atoms with Crippen molar-refractivity contribution in [2.24, 2.45) is 0 Å². The first-order chi connectivity index (χ1) is 7.00. The van der Waals surface area contributed by atoms with Crippen LogP contribution in [0.5, 0.6) is 0 Å². The van der Waals surface area contributed by atoms with Crippen molar-refractivity contribution in [3.05, 3.63) is 21.7 Å². The molecule has 2 rings (SSSR count). The number of aromatic nitrogens is 4. The fourth-order valence-corrected chi connectivity index (χ4v) is 2.28. The van der Waals surface area contributed by atoms with Crippen LogP contribution in [0, 0.1) is 6.92 Å². The maximum Gasteiger partial charge on any atom is 0.255 e. The second-order valence-electron chi connectivity index (χ2n) is 3.63. The molecular weight excluding hydrogens is 235 g/mol. The molecule has 0 N–H and O–H groups in total. The van der Waals surface area contributed by atoms with Crippen molar-refractivity contribution in [1.29, 1.82) is 0 Å². The van der Waals surface area contributed by atoms with Crippen molar-refractivity contribution in [2.45, 2.75) is 26.7 Å². The second kappa shape index (κ2) is 3.61. The van der Waals surface area contributed by atoms with Crippen molar-refractivity contribution < 1.29 is 0 Å². The Morgan fingerprint density at radius 2 is 1.87 bits per heavy atom. The summed E-state index contributed by atoms with van der Waals surface area (Å²) in [6.07, 6.45) is 0. The number of hydrogen-bond acceptors (Lipinski definition) is 3. The summed E-state index contributed by atoms with van der Waals surface area (Å²) < 4.78 is 1.51. The number of aryl methyl sites for hydroxylation is 1. The molecule has 0 radical (unpaired) electrons. The van der Waals surface area contributed by atoms with Crippen LogP contribution in [0.1, 0.15) is 31.2 Å². The highest BCUT2D eigenvalue weighted by Gasteiger charge is 2.17. The van der Waals surface area contributed by atoms with E-state index < -0.39 is 0 Å². The van der Waals surface area contributed by atoms with E-state index in [4.69, 9.17) is 23.2 Å². The van der Waals surface area contributed by atoms with Crippen molar-refractivity contribution >= 4 is 29.0 Å². The summed E-state index contributed by atoms with van der Waals surface area (Å²) in [5.41, 5.74) is 0.802. The van der Waals surface area contributed by atoms with E-state index in [1.165, 1.54) is 4.52 Å². The first-order valence-electron chi connectivity index (χ1n) is 4.59. The van der Waals surface area contributed by atoms with Crippen molar-refractivity contribution in [3.63, 3.8) is 0 Å². The van der Waals surface area contributed by atoms with Gasteiger partial charge in [-0.2, -0.15) is 14.5 Å². The SMILES string of the molecule is Cc1nc2nc(Cl)c(C(C)C)c(Cl)n2n1. The molecule has 0 aliphatic rings. The molecule has 0 aliphatic carbocycles. The molecule has 2 aromatic heterocycles. The molecule has 2 aromatic rings. The molecule has 15 heavy (non-hydrogen) atoms. The van der Waals surface area contributed by atoms with E-state index in [0.29, 0.717) is 21.9 Å². The van der Waals surface area contributed by atoms with Crippen LogP contribution in [-0.4, -0.2) is 19.6 Å². The van der Waals surface area contributed by atoms with E-state index in [1.54, 1.807) is 6.92 Å². The van der Waals surface area contributed by atoms with Crippen LogP contribution < -0.4 is 0 Å². The summed E-state index contributed by atoms with van der Waals surface area (Å²) in [6, 6.07) is 0. The van der Waals surface area contributed by atoms with E-state index in [9.17, 15) is 0 Å². The molecular formula is C9H10Cl2N4. The number of halogens is 2. The van der Waals surface area contributed by atoms with Gasteiger partial charge in [-0.05, 0) is 12.8 Å². The fraction of sp³-hybridized carbons (Fsp3) is 0.444. The fourth-order valence-electron chi connectivity index (χ4n) is 1.43. The number of fused-ring (bicyclic) bond motifs is 1. The zero-order valence-corrected chi connectivity index (χ0v) is 10.1. The van der Waals surface area contributed by atoms with Gasteiger partial charge in [0.1, 0.15) is 16.1 Å². The summed E-state index contributed by atoms with van der Waals surface area (Å²) in [7, 11) is 0. The van der Waals surface area contributed by atoms with Gasteiger partial charge >= 0.3 is 0 Å². The average molecular weight is 245 g/mol. The van der Waals surface area contributed by atoms with Crippen molar-refractivity contribution in [2.75, 3.05) is 0 Å². The van der Waals surface area contributed by atoms with Crippen molar-refractivity contribution in [1.82, 2.24) is 19.6 Å². The molecule has 0 aliphatic heterocycles. The van der Waals surface area contributed by atoms with Gasteiger partial charge in [0, 0.05) is 5.56 Å². The van der Waals surface area contributed by atoms with Crippen LogP contribution in [-0.2, 0) is 0 Å². The molecule has 2 heterocycles. The highest BCUT2D eigenvalue weighted by Crippen LogP contribution is 2.29. The van der Waals surface area contributed by atoms with Crippen LogP contribution >= 0.6 is 23.2 Å². The summed E-state index contributed by atoms with van der Waals surface area (Å²) in [6.45, 7) is 5.79. The first-order valence-corrected chi connectivity index (χ1v) is 5.34. The third-order valence-corrected chi connectivity index (χ3v) is 2.75. The van der Waals surface area contributed by atoms with Crippen LogP contribution in [0.15, 0.2) is 0 Å². The molecule has 0 saturated heterocycles. The van der Waals surface area contributed by atoms with Crippen LogP contribution in [0.3, 0.4) is 0 Å². The summed E-state index contributed by atoms with van der Waals surface area (Å²) in [5.74, 6) is 1.26. The van der Waals surface area contributed by atoms with Gasteiger partial charge in [0.05, 0.1) is 0 Å². The van der Waals surface area contributed by atoms with Crippen LogP contribution in [0.2, 0.25) is 10.3 Å². The van der Waals surface area contributed by atoms with Gasteiger partial charge in [0.25, 0.3) is 5.78 Å². The Bertz CT molecular complexity index is 518. The topological polar surface area (TPSA) is 43.1 Å². The Morgan fingerprint density at radius 1 is 1.20 bits per heavy atom. The van der Waals surface area contributed by atoms with Crippen LogP contribution in [0.4, 0.5) is 0 Å². The lowest BCUT2D eigenvalue weighted by molar-refractivity contribution is 0.818. The smallest absolute Gasteiger partial charge is 0.199 e. The molecule has 0 fully saturated rings. The highest BCUT2D eigenvalue weighted by atomic mass is 35.5. The normalized spacial score (nSPS) is 11.6. The maximum atomic E-state index is 6.19. The standard InChI is InChI=1S/C9H10Cl2N4/c1-4(2)6-7(10)13-9-12-5(3)14-15(9)8(6)11/h4H,1-3H3.